The summed E-state index contributed by atoms with van der Waals surface area (Å²) in [6.07, 6.45) is 0. The van der Waals surface area contributed by atoms with Gasteiger partial charge in [0.1, 0.15) is 5.82 Å². The summed E-state index contributed by atoms with van der Waals surface area (Å²) in [5, 5.41) is 0. The summed E-state index contributed by atoms with van der Waals surface area (Å²) in [5.41, 5.74) is 0.857. The molecule has 5 heteroatoms. The Labute approximate surface area is 95.7 Å². The van der Waals surface area contributed by atoms with Crippen molar-refractivity contribution in [1.82, 2.24) is 9.36 Å². The van der Waals surface area contributed by atoms with E-state index in [1.54, 1.807) is 23.9 Å². The molecule has 0 atom stereocenters. The van der Waals surface area contributed by atoms with Crippen molar-refractivity contribution in [2.45, 2.75) is 11.3 Å². The van der Waals surface area contributed by atoms with E-state index in [0.717, 1.165) is 15.7 Å². The number of benzene rings is 1. The maximum atomic E-state index is 12.7. The molecule has 0 N–H and O–H groups in total. The Balaban J connectivity index is 2.25. The summed E-state index contributed by atoms with van der Waals surface area (Å²) in [6.45, 7) is 2.07. The predicted molar refractivity (Wildman–Crippen MR) is 61.7 cm³/mol. The van der Waals surface area contributed by atoms with Crippen LogP contribution in [0.5, 0.6) is 0 Å². The molecule has 0 saturated carbocycles. The van der Waals surface area contributed by atoms with Crippen LogP contribution in [0.2, 0.25) is 0 Å². The van der Waals surface area contributed by atoms with Crippen molar-refractivity contribution >= 4 is 23.3 Å². The van der Waals surface area contributed by atoms with Crippen LogP contribution in [0.4, 0.5) is 4.39 Å². The molecule has 2 rings (SSSR count). The van der Waals surface area contributed by atoms with Crippen LogP contribution in [0.25, 0.3) is 11.4 Å². The number of rotatable bonds is 3. The zero-order valence-corrected chi connectivity index (χ0v) is 9.74. The molecule has 0 fully saturated rings. The number of hydrogen-bond donors (Lipinski definition) is 0. The standard InChI is InChI=1S/C10H9FN2S2/c1-2-14-10-12-9(13-15-10)7-3-5-8(11)6-4-7/h3-6H,2H2,1H3. The van der Waals surface area contributed by atoms with E-state index >= 15 is 0 Å². The first kappa shape index (κ1) is 10.6. The number of nitrogens with zero attached hydrogens (tertiary/aromatic N) is 2. The molecule has 15 heavy (non-hydrogen) atoms. The molecule has 0 aliphatic carbocycles. The molecule has 0 unspecified atom stereocenters. The van der Waals surface area contributed by atoms with E-state index in [2.05, 4.69) is 16.3 Å². The third kappa shape index (κ3) is 2.54. The van der Waals surface area contributed by atoms with Gasteiger partial charge in [-0.2, -0.15) is 4.37 Å². The molecule has 78 valence electrons. The first-order valence-electron chi connectivity index (χ1n) is 4.52. The summed E-state index contributed by atoms with van der Waals surface area (Å²) in [4.78, 5) is 4.35. The topological polar surface area (TPSA) is 25.8 Å². The molecule has 1 aromatic heterocycles. The van der Waals surface area contributed by atoms with Gasteiger partial charge in [-0.05, 0) is 41.6 Å². The zero-order valence-electron chi connectivity index (χ0n) is 8.11. The van der Waals surface area contributed by atoms with Gasteiger partial charge < -0.3 is 0 Å². The quantitative estimate of drug-likeness (QED) is 0.768. The Morgan fingerprint density at radius 3 is 2.73 bits per heavy atom. The molecule has 0 saturated heterocycles. The lowest BCUT2D eigenvalue weighted by Crippen LogP contribution is -1.81. The first-order valence-corrected chi connectivity index (χ1v) is 6.28. The van der Waals surface area contributed by atoms with Crippen molar-refractivity contribution in [1.29, 1.82) is 0 Å². The van der Waals surface area contributed by atoms with Crippen molar-refractivity contribution < 1.29 is 4.39 Å². The Morgan fingerprint density at radius 1 is 1.33 bits per heavy atom. The van der Waals surface area contributed by atoms with Crippen molar-refractivity contribution in [2.75, 3.05) is 5.75 Å². The smallest absolute Gasteiger partial charge is 0.174 e. The van der Waals surface area contributed by atoms with Crippen LogP contribution >= 0.6 is 23.3 Å². The summed E-state index contributed by atoms with van der Waals surface area (Å²) in [5.74, 6) is 1.42. The maximum absolute atomic E-state index is 12.7. The Kier molecular flexibility index (Phi) is 3.33. The van der Waals surface area contributed by atoms with Gasteiger partial charge in [0, 0.05) is 5.56 Å². The van der Waals surface area contributed by atoms with Crippen molar-refractivity contribution in [3.63, 3.8) is 0 Å². The van der Waals surface area contributed by atoms with Crippen LogP contribution in [-0.2, 0) is 0 Å². The largest absolute Gasteiger partial charge is 0.208 e. The van der Waals surface area contributed by atoms with Crippen LogP contribution in [-0.4, -0.2) is 15.1 Å². The highest BCUT2D eigenvalue weighted by Crippen LogP contribution is 2.24. The van der Waals surface area contributed by atoms with E-state index in [9.17, 15) is 4.39 Å². The summed E-state index contributed by atoms with van der Waals surface area (Å²) in [7, 11) is 0. The molecule has 0 radical (unpaired) electrons. The van der Waals surface area contributed by atoms with Gasteiger partial charge in [0.15, 0.2) is 10.2 Å². The Bertz CT molecular complexity index is 439. The lowest BCUT2D eigenvalue weighted by atomic mass is 10.2. The van der Waals surface area contributed by atoms with E-state index < -0.39 is 0 Å². The van der Waals surface area contributed by atoms with E-state index in [4.69, 9.17) is 0 Å². The second-order valence-electron chi connectivity index (χ2n) is 2.82. The molecule has 0 bridgehead atoms. The van der Waals surface area contributed by atoms with E-state index in [-0.39, 0.29) is 5.82 Å². The fourth-order valence-corrected chi connectivity index (χ4v) is 2.62. The van der Waals surface area contributed by atoms with Crippen LogP contribution in [0.3, 0.4) is 0 Å². The summed E-state index contributed by atoms with van der Waals surface area (Å²) in [6, 6.07) is 6.22. The highest BCUT2D eigenvalue weighted by Gasteiger charge is 2.05. The second-order valence-corrected chi connectivity index (χ2v) is 5.09. The van der Waals surface area contributed by atoms with Gasteiger partial charge in [-0.15, -0.1) is 0 Å². The van der Waals surface area contributed by atoms with Gasteiger partial charge in [0.05, 0.1) is 0 Å². The molecule has 0 amide bonds. The molecule has 1 heterocycles. The van der Waals surface area contributed by atoms with Gasteiger partial charge in [0.2, 0.25) is 0 Å². The molecule has 2 nitrogen and oxygen atoms in total. The Hall–Kier alpha value is -0.940. The minimum Gasteiger partial charge on any atom is -0.208 e. The number of aromatic nitrogens is 2. The third-order valence-corrected chi connectivity index (χ3v) is 3.49. The van der Waals surface area contributed by atoms with Gasteiger partial charge in [-0.25, -0.2) is 9.37 Å². The lowest BCUT2D eigenvalue weighted by molar-refractivity contribution is 0.628. The summed E-state index contributed by atoms with van der Waals surface area (Å²) >= 11 is 3.05. The highest BCUT2D eigenvalue weighted by molar-refractivity contribution is 8.00. The molecule has 2 aromatic rings. The van der Waals surface area contributed by atoms with Crippen molar-refractivity contribution in [3.8, 4) is 11.4 Å². The van der Waals surface area contributed by atoms with Gasteiger partial charge in [-0.1, -0.05) is 18.7 Å². The fraction of sp³-hybridized carbons (Fsp3) is 0.200. The lowest BCUT2D eigenvalue weighted by Gasteiger charge is -1.93. The minimum atomic E-state index is -0.239. The molecule has 0 aliphatic heterocycles. The van der Waals surface area contributed by atoms with Gasteiger partial charge in [-0.3, -0.25) is 0 Å². The third-order valence-electron chi connectivity index (χ3n) is 1.78. The number of hydrogen-bond acceptors (Lipinski definition) is 4. The summed E-state index contributed by atoms with van der Waals surface area (Å²) < 4.78 is 17.9. The van der Waals surface area contributed by atoms with Crippen molar-refractivity contribution in [2.24, 2.45) is 0 Å². The SMILES string of the molecule is CCSc1nc(-c2ccc(F)cc2)ns1. The van der Waals surface area contributed by atoms with Crippen molar-refractivity contribution in [3.05, 3.63) is 30.1 Å². The van der Waals surface area contributed by atoms with Crippen LogP contribution < -0.4 is 0 Å². The van der Waals surface area contributed by atoms with E-state index in [1.807, 2.05) is 0 Å². The van der Waals surface area contributed by atoms with Gasteiger partial charge >= 0.3 is 0 Å². The Morgan fingerprint density at radius 2 is 2.07 bits per heavy atom. The predicted octanol–water partition coefficient (Wildman–Crippen LogP) is 3.46. The second kappa shape index (κ2) is 4.72. The van der Waals surface area contributed by atoms with E-state index in [1.165, 1.54) is 23.7 Å². The molecule has 0 spiro atoms. The number of thioether (sulfide) groups is 1. The monoisotopic (exact) mass is 240 g/mol. The molecule has 1 aromatic carbocycles. The molecular weight excluding hydrogens is 231 g/mol. The van der Waals surface area contributed by atoms with Crippen LogP contribution in [0, 0.1) is 5.82 Å². The minimum absolute atomic E-state index is 0.239. The van der Waals surface area contributed by atoms with Crippen LogP contribution in [0.15, 0.2) is 28.6 Å². The first-order chi connectivity index (χ1) is 7.29. The average molecular weight is 240 g/mol. The normalized spacial score (nSPS) is 10.5. The fourth-order valence-electron chi connectivity index (χ4n) is 1.11. The number of halogens is 1. The maximum Gasteiger partial charge on any atom is 0.174 e. The molecule has 0 aliphatic rings. The zero-order chi connectivity index (χ0) is 10.7. The van der Waals surface area contributed by atoms with Crippen LogP contribution in [0.1, 0.15) is 6.92 Å². The average Bonchev–Trinajstić information content (AvgIpc) is 2.68. The highest BCUT2D eigenvalue weighted by atomic mass is 32.2. The molecular formula is C10H9FN2S2. The van der Waals surface area contributed by atoms with Gasteiger partial charge in [0.25, 0.3) is 0 Å². The van der Waals surface area contributed by atoms with E-state index in [0.29, 0.717) is 5.82 Å².